The first-order chi connectivity index (χ1) is 7.92. The number of aromatic nitrogens is 1. The molecule has 0 aromatic carbocycles. The van der Waals surface area contributed by atoms with Crippen molar-refractivity contribution in [1.82, 2.24) is 4.57 Å². The summed E-state index contributed by atoms with van der Waals surface area (Å²) in [6.45, 7) is 4.18. The quantitative estimate of drug-likeness (QED) is 0.861. The molecule has 0 spiro atoms. The Morgan fingerprint density at radius 3 is 2.82 bits per heavy atom. The summed E-state index contributed by atoms with van der Waals surface area (Å²) in [5.41, 5.74) is 6.65. The van der Waals surface area contributed by atoms with Crippen molar-refractivity contribution in [2.75, 3.05) is 0 Å². The lowest BCUT2D eigenvalue weighted by Crippen LogP contribution is -2.35. The number of nitrogens with zero attached hydrogens (tertiary/aromatic N) is 1. The number of Topliss-reactive ketones (excluding diaryl/α,β-unsaturated/α-hetero) is 1. The predicted octanol–water partition coefficient (Wildman–Crippen LogP) is 1.52. The third kappa shape index (κ3) is 2.12. The maximum Gasteiger partial charge on any atom is 0.224 e. The average molecular weight is 234 g/mol. The minimum absolute atomic E-state index is 0.210. The fourth-order valence-electron chi connectivity index (χ4n) is 2.24. The normalized spacial score (nSPS) is 15.8. The van der Waals surface area contributed by atoms with Gasteiger partial charge in [0, 0.05) is 30.4 Å². The molecule has 1 aromatic heterocycles. The number of primary amides is 1. The Morgan fingerprint density at radius 1 is 1.47 bits per heavy atom. The number of carbonyl (C=O) groups excluding carboxylic acids is 2. The molecule has 0 fully saturated rings. The monoisotopic (exact) mass is 234 g/mol. The molecule has 2 N–H and O–H groups in total. The molecular weight excluding hydrogens is 216 g/mol. The highest BCUT2D eigenvalue weighted by Crippen LogP contribution is 2.26. The molecule has 0 saturated heterocycles. The fraction of sp³-hybridized carbons (Fsp3) is 0.538. The highest BCUT2D eigenvalue weighted by atomic mass is 16.1. The van der Waals surface area contributed by atoms with E-state index in [0.29, 0.717) is 13.0 Å². The lowest BCUT2D eigenvalue weighted by atomic mass is 9.91. The number of carbonyl (C=O) groups is 2. The highest BCUT2D eigenvalue weighted by Gasteiger charge is 2.28. The van der Waals surface area contributed by atoms with Gasteiger partial charge in [-0.15, -0.1) is 0 Å². The van der Waals surface area contributed by atoms with E-state index >= 15 is 0 Å². The van der Waals surface area contributed by atoms with E-state index in [1.54, 1.807) is 0 Å². The summed E-state index contributed by atoms with van der Waals surface area (Å²) in [5.74, 6) is -0.107. The van der Waals surface area contributed by atoms with Crippen molar-refractivity contribution in [2.24, 2.45) is 11.1 Å². The van der Waals surface area contributed by atoms with E-state index in [1.807, 2.05) is 30.7 Å². The van der Waals surface area contributed by atoms with Crippen LogP contribution in [0.15, 0.2) is 12.3 Å². The van der Waals surface area contributed by atoms with Crippen LogP contribution >= 0.6 is 0 Å². The molecule has 0 atom stereocenters. The van der Waals surface area contributed by atoms with Crippen LogP contribution in [-0.4, -0.2) is 16.3 Å². The topological polar surface area (TPSA) is 65.1 Å². The number of fused-ring (bicyclic) bond motifs is 1. The van der Waals surface area contributed by atoms with Crippen molar-refractivity contribution in [3.63, 3.8) is 0 Å². The van der Waals surface area contributed by atoms with Crippen LogP contribution in [0.2, 0.25) is 0 Å². The molecule has 0 unspecified atom stereocenters. The molecule has 0 saturated carbocycles. The summed E-state index contributed by atoms with van der Waals surface area (Å²) in [6, 6.07) is 1.86. The second kappa shape index (κ2) is 4.02. The van der Waals surface area contributed by atoms with Gasteiger partial charge in [-0.3, -0.25) is 9.59 Å². The zero-order valence-corrected chi connectivity index (χ0v) is 10.3. The van der Waals surface area contributed by atoms with Gasteiger partial charge < -0.3 is 10.3 Å². The van der Waals surface area contributed by atoms with E-state index in [0.717, 1.165) is 24.1 Å². The van der Waals surface area contributed by atoms with Crippen LogP contribution in [0, 0.1) is 5.41 Å². The van der Waals surface area contributed by atoms with Crippen LogP contribution in [0.25, 0.3) is 0 Å². The Bertz CT molecular complexity index is 472. The van der Waals surface area contributed by atoms with Gasteiger partial charge in [0.1, 0.15) is 0 Å². The van der Waals surface area contributed by atoms with Crippen molar-refractivity contribution in [1.29, 1.82) is 0 Å². The Kier molecular flexibility index (Phi) is 2.81. The molecule has 4 nitrogen and oxygen atoms in total. The van der Waals surface area contributed by atoms with Gasteiger partial charge in [-0.1, -0.05) is 0 Å². The van der Waals surface area contributed by atoms with Gasteiger partial charge >= 0.3 is 0 Å². The van der Waals surface area contributed by atoms with E-state index < -0.39 is 5.41 Å². The van der Waals surface area contributed by atoms with Gasteiger partial charge in [0.25, 0.3) is 0 Å². The smallest absolute Gasteiger partial charge is 0.224 e. The zero-order valence-electron chi connectivity index (χ0n) is 10.3. The van der Waals surface area contributed by atoms with Crippen molar-refractivity contribution in [2.45, 2.75) is 39.7 Å². The number of rotatable bonds is 3. The number of nitrogens with two attached hydrogens (primary N) is 1. The summed E-state index contributed by atoms with van der Waals surface area (Å²) in [5, 5.41) is 0. The lowest BCUT2D eigenvalue weighted by molar-refractivity contribution is -0.126. The summed E-state index contributed by atoms with van der Waals surface area (Å²) >= 11 is 0. The summed E-state index contributed by atoms with van der Waals surface area (Å²) in [4.78, 5) is 23.0. The van der Waals surface area contributed by atoms with Gasteiger partial charge in [-0.05, 0) is 32.8 Å². The SMILES string of the molecule is CC(C)(Cn1ccc2c1CCCC2=O)C(N)=O. The molecule has 1 heterocycles. The summed E-state index contributed by atoms with van der Waals surface area (Å²) in [7, 11) is 0. The first kappa shape index (κ1) is 11.9. The fourth-order valence-corrected chi connectivity index (χ4v) is 2.24. The second-order valence-corrected chi connectivity index (χ2v) is 5.33. The largest absolute Gasteiger partial charge is 0.369 e. The molecule has 0 radical (unpaired) electrons. The Morgan fingerprint density at radius 2 is 2.18 bits per heavy atom. The van der Waals surface area contributed by atoms with E-state index in [9.17, 15) is 9.59 Å². The van der Waals surface area contributed by atoms with Gasteiger partial charge in [0.2, 0.25) is 5.91 Å². The molecule has 1 aliphatic carbocycles. The van der Waals surface area contributed by atoms with Crippen molar-refractivity contribution in [3.05, 3.63) is 23.5 Å². The van der Waals surface area contributed by atoms with E-state index in [1.165, 1.54) is 0 Å². The Balaban J connectivity index is 2.30. The standard InChI is InChI=1S/C13H18N2O2/c1-13(2,12(14)17)8-15-7-6-9-10(15)4-3-5-11(9)16/h6-7H,3-5,8H2,1-2H3,(H2,14,17). The third-order valence-electron chi connectivity index (χ3n) is 3.43. The van der Waals surface area contributed by atoms with Gasteiger partial charge in [0.15, 0.2) is 5.78 Å². The summed E-state index contributed by atoms with van der Waals surface area (Å²) in [6.07, 6.45) is 4.32. The van der Waals surface area contributed by atoms with Crippen molar-refractivity contribution < 1.29 is 9.59 Å². The molecule has 0 bridgehead atoms. The second-order valence-electron chi connectivity index (χ2n) is 5.33. The molecule has 92 valence electrons. The number of amides is 1. The number of hydrogen-bond donors (Lipinski definition) is 1. The highest BCUT2D eigenvalue weighted by molar-refractivity contribution is 5.98. The third-order valence-corrected chi connectivity index (χ3v) is 3.43. The average Bonchev–Trinajstić information content (AvgIpc) is 2.62. The Hall–Kier alpha value is -1.58. The molecule has 2 rings (SSSR count). The van der Waals surface area contributed by atoms with Gasteiger partial charge in [-0.25, -0.2) is 0 Å². The number of hydrogen-bond acceptors (Lipinski definition) is 2. The van der Waals surface area contributed by atoms with Crippen molar-refractivity contribution >= 4 is 11.7 Å². The van der Waals surface area contributed by atoms with Crippen LogP contribution in [0.1, 0.15) is 42.7 Å². The maximum absolute atomic E-state index is 11.7. The minimum atomic E-state index is -0.590. The van der Waals surface area contributed by atoms with Crippen LogP contribution in [0.3, 0.4) is 0 Å². The van der Waals surface area contributed by atoms with Crippen molar-refractivity contribution in [3.8, 4) is 0 Å². The van der Waals surface area contributed by atoms with Crippen LogP contribution in [-0.2, 0) is 17.8 Å². The number of ketones is 1. The molecule has 1 aliphatic rings. The van der Waals surface area contributed by atoms with E-state index in [2.05, 4.69) is 0 Å². The Labute approximate surface area is 101 Å². The predicted molar refractivity (Wildman–Crippen MR) is 64.7 cm³/mol. The molecule has 17 heavy (non-hydrogen) atoms. The van der Waals surface area contributed by atoms with Gasteiger partial charge in [-0.2, -0.15) is 0 Å². The van der Waals surface area contributed by atoms with Gasteiger partial charge in [0.05, 0.1) is 5.41 Å². The molecule has 4 heteroatoms. The molecular formula is C13H18N2O2. The first-order valence-corrected chi connectivity index (χ1v) is 5.93. The minimum Gasteiger partial charge on any atom is -0.369 e. The van der Waals surface area contributed by atoms with Crippen LogP contribution < -0.4 is 5.73 Å². The summed E-state index contributed by atoms with van der Waals surface area (Å²) < 4.78 is 2.00. The maximum atomic E-state index is 11.7. The molecule has 1 amide bonds. The lowest BCUT2D eigenvalue weighted by Gasteiger charge is -2.24. The van der Waals surface area contributed by atoms with Crippen LogP contribution in [0.4, 0.5) is 0 Å². The first-order valence-electron chi connectivity index (χ1n) is 5.93. The molecule has 1 aromatic rings. The van der Waals surface area contributed by atoms with E-state index in [4.69, 9.17) is 5.73 Å². The molecule has 0 aliphatic heterocycles. The van der Waals surface area contributed by atoms with Crippen LogP contribution in [0.5, 0.6) is 0 Å². The van der Waals surface area contributed by atoms with E-state index in [-0.39, 0.29) is 11.7 Å². The zero-order chi connectivity index (χ0) is 12.6.